The van der Waals surface area contributed by atoms with Crippen molar-refractivity contribution in [2.75, 3.05) is 26.2 Å². The highest BCUT2D eigenvalue weighted by atomic mass is 16.3. The summed E-state index contributed by atoms with van der Waals surface area (Å²) in [6, 6.07) is 6.81. The van der Waals surface area contributed by atoms with E-state index in [0.29, 0.717) is 43.7 Å². The third-order valence-corrected chi connectivity index (χ3v) is 6.15. The molecule has 2 saturated heterocycles. The zero-order valence-electron chi connectivity index (χ0n) is 15.1. The average molecular weight is 357 g/mol. The zero-order chi connectivity index (χ0) is 18.1. The lowest BCUT2D eigenvalue weighted by Crippen LogP contribution is -2.54. The molecular formula is C20H27N3O3. The zero-order valence-corrected chi connectivity index (χ0v) is 15.1. The van der Waals surface area contributed by atoms with Gasteiger partial charge >= 0.3 is 0 Å². The van der Waals surface area contributed by atoms with Gasteiger partial charge in [-0.2, -0.15) is 0 Å². The molecule has 3 aliphatic rings. The summed E-state index contributed by atoms with van der Waals surface area (Å²) in [5.74, 6) is 0.981. The van der Waals surface area contributed by atoms with Crippen molar-refractivity contribution >= 4 is 11.8 Å². The normalized spacial score (nSPS) is 28.7. The van der Waals surface area contributed by atoms with Gasteiger partial charge < -0.3 is 20.2 Å². The summed E-state index contributed by atoms with van der Waals surface area (Å²) >= 11 is 0. The lowest BCUT2D eigenvalue weighted by atomic mass is 9.85. The van der Waals surface area contributed by atoms with E-state index < -0.39 is 0 Å². The number of phenolic OH excluding ortho intramolecular Hbond substituents is 1. The predicted molar refractivity (Wildman–Crippen MR) is 97.9 cm³/mol. The minimum Gasteiger partial charge on any atom is -0.508 e. The quantitative estimate of drug-likeness (QED) is 0.843. The summed E-state index contributed by atoms with van der Waals surface area (Å²) in [5, 5.41) is 12.9. The van der Waals surface area contributed by atoms with Crippen LogP contribution in [0.5, 0.6) is 5.75 Å². The lowest BCUT2D eigenvalue weighted by molar-refractivity contribution is -0.134. The summed E-state index contributed by atoms with van der Waals surface area (Å²) in [4.78, 5) is 29.1. The Morgan fingerprint density at radius 2 is 1.62 bits per heavy atom. The molecule has 1 aromatic rings. The monoisotopic (exact) mass is 357 g/mol. The first-order chi connectivity index (χ1) is 12.6. The number of fused-ring (bicyclic) bond motifs is 1. The molecule has 3 atom stereocenters. The number of benzene rings is 1. The molecule has 0 aromatic heterocycles. The number of nitrogens with zero attached hydrogens (tertiary/aromatic N) is 2. The highest BCUT2D eigenvalue weighted by Crippen LogP contribution is 2.33. The molecule has 0 radical (unpaired) electrons. The molecule has 0 spiro atoms. The van der Waals surface area contributed by atoms with E-state index in [-0.39, 0.29) is 23.6 Å². The van der Waals surface area contributed by atoms with E-state index in [1.165, 1.54) is 37.8 Å². The minimum absolute atomic E-state index is 0.0394. The Balaban J connectivity index is 1.31. The Labute approximate surface area is 154 Å². The van der Waals surface area contributed by atoms with E-state index in [4.69, 9.17) is 0 Å². The van der Waals surface area contributed by atoms with Crippen LogP contribution in [0, 0.1) is 5.92 Å². The van der Waals surface area contributed by atoms with Crippen LogP contribution in [0.4, 0.5) is 0 Å². The van der Waals surface area contributed by atoms with Gasteiger partial charge in [-0.3, -0.25) is 9.59 Å². The van der Waals surface area contributed by atoms with Gasteiger partial charge in [-0.1, -0.05) is 12.8 Å². The second kappa shape index (κ2) is 7.27. The van der Waals surface area contributed by atoms with E-state index in [2.05, 4.69) is 5.32 Å². The smallest absolute Gasteiger partial charge is 0.253 e. The number of hydrogen-bond donors (Lipinski definition) is 2. The Morgan fingerprint density at radius 3 is 2.31 bits per heavy atom. The Hall–Kier alpha value is -2.08. The van der Waals surface area contributed by atoms with Gasteiger partial charge in [-0.15, -0.1) is 0 Å². The first kappa shape index (κ1) is 17.3. The fraction of sp³-hybridized carbons (Fsp3) is 0.600. The van der Waals surface area contributed by atoms with Crippen LogP contribution >= 0.6 is 0 Å². The van der Waals surface area contributed by atoms with E-state index in [1.54, 1.807) is 17.0 Å². The standard InChI is InChI=1S/C20H27N3O3/c24-16-7-5-14(6-8-16)19(25)22-9-11-23(12-10-22)20(26)18-13-15-3-1-2-4-17(15)21-18/h5-8,15,17-18,21,24H,1-4,9-13H2. The third-order valence-electron chi connectivity index (χ3n) is 6.15. The van der Waals surface area contributed by atoms with Gasteiger partial charge in [0.2, 0.25) is 5.91 Å². The van der Waals surface area contributed by atoms with Gasteiger partial charge in [0.1, 0.15) is 5.75 Å². The van der Waals surface area contributed by atoms with Gasteiger partial charge in [0.25, 0.3) is 5.91 Å². The maximum Gasteiger partial charge on any atom is 0.253 e. The molecule has 1 aliphatic carbocycles. The molecule has 3 unspecified atom stereocenters. The number of rotatable bonds is 2. The number of phenols is 1. The van der Waals surface area contributed by atoms with Crippen LogP contribution in [-0.4, -0.2) is 65.0 Å². The number of hydrogen-bond acceptors (Lipinski definition) is 4. The third kappa shape index (κ3) is 3.43. The summed E-state index contributed by atoms with van der Waals surface area (Å²) in [6.07, 6.45) is 5.98. The Bertz CT molecular complexity index is 653. The van der Waals surface area contributed by atoms with Crippen molar-refractivity contribution in [3.63, 3.8) is 0 Å². The topological polar surface area (TPSA) is 72.9 Å². The van der Waals surface area contributed by atoms with Crippen LogP contribution in [-0.2, 0) is 4.79 Å². The van der Waals surface area contributed by atoms with Crippen LogP contribution in [0.2, 0.25) is 0 Å². The van der Waals surface area contributed by atoms with Gasteiger partial charge in [-0.25, -0.2) is 0 Å². The lowest BCUT2D eigenvalue weighted by Gasteiger charge is -2.36. The van der Waals surface area contributed by atoms with Gasteiger partial charge in [0, 0.05) is 37.8 Å². The van der Waals surface area contributed by atoms with E-state index in [0.717, 1.165) is 6.42 Å². The maximum atomic E-state index is 12.9. The molecule has 6 heteroatoms. The molecule has 26 heavy (non-hydrogen) atoms. The molecule has 2 heterocycles. The van der Waals surface area contributed by atoms with E-state index in [9.17, 15) is 14.7 Å². The average Bonchev–Trinajstić information content (AvgIpc) is 3.12. The molecule has 3 fully saturated rings. The highest BCUT2D eigenvalue weighted by molar-refractivity contribution is 5.94. The molecular weight excluding hydrogens is 330 g/mol. The van der Waals surface area contributed by atoms with Crippen LogP contribution in [0.15, 0.2) is 24.3 Å². The molecule has 4 rings (SSSR count). The van der Waals surface area contributed by atoms with Crippen molar-refractivity contribution in [1.82, 2.24) is 15.1 Å². The summed E-state index contributed by atoms with van der Waals surface area (Å²) < 4.78 is 0. The largest absolute Gasteiger partial charge is 0.508 e. The van der Waals surface area contributed by atoms with E-state index >= 15 is 0 Å². The van der Waals surface area contributed by atoms with Crippen LogP contribution in [0.25, 0.3) is 0 Å². The first-order valence-corrected chi connectivity index (χ1v) is 9.75. The van der Waals surface area contributed by atoms with Crippen molar-refractivity contribution in [3.05, 3.63) is 29.8 Å². The van der Waals surface area contributed by atoms with Crippen LogP contribution in [0.3, 0.4) is 0 Å². The van der Waals surface area contributed by atoms with Gasteiger partial charge in [-0.05, 0) is 49.4 Å². The molecule has 0 bridgehead atoms. The number of carbonyl (C=O) groups excluding carboxylic acids is 2. The molecule has 2 N–H and O–H groups in total. The van der Waals surface area contributed by atoms with Gasteiger partial charge in [0.05, 0.1) is 6.04 Å². The second-order valence-corrected chi connectivity index (χ2v) is 7.77. The molecule has 1 aromatic carbocycles. The van der Waals surface area contributed by atoms with Crippen LogP contribution in [0.1, 0.15) is 42.5 Å². The molecule has 6 nitrogen and oxygen atoms in total. The SMILES string of the molecule is O=C(c1ccc(O)cc1)N1CCN(C(=O)C2CC3CCCCC3N2)CC1. The van der Waals surface area contributed by atoms with Crippen molar-refractivity contribution in [1.29, 1.82) is 0 Å². The number of carbonyl (C=O) groups is 2. The number of aromatic hydroxyl groups is 1. The fourth-order valence-corrected chi connectivity index (χ4v) is 4.65. The van der Waals surface area contributed by atoms with Crippen molar-refractivity contribution in [3.8, 4) is 5.75 Å². The molecule has 1 saturated carbocycles. The molecule has 2 amide bonds. The number of piperazine rings is 1. The van der Waals surface area contributed by atoms with Crippen molar-refractivity contribution in [2.24, 2.45) is 5.92 Å². The summed E-state index contributed by atoms with van der Waals surface area (Å²) in [6.45, 7) is 2.31. The summed E-state index contributed by atoms with van der Waals surface area (Å²) in [7, 11) is 0. The van der Waals surface area contributed by atoms with E-state index in [1.807, 2.05) is 4.90 Å². The molecule has 140 valence electrons. The van der Waals surface area contributed by atoms with Crippen LogP contribution < -0.4 is 5.32 Å². The maximum absolute atomic E-state index is 12.9. The minimum atomic E-state index is -0.0397. The predicted octanol–water partition coefficient (Wildman–Crippen LogP) is 1.60. The van der Waals surface area contributed by atoms with Crippen molar-refractivity contribution in [2.45, 2.75) is 44.2 Å². The second-order valence-electron chi connectivity index (χ2n) is 7.77. The molecule has 2 aliphatic heterocycles. The van der Waals surface area contributed by atoms with Crippen molar-refractivity contribution < 1.29 is 14.7 Å². The fourth-order valence-electron chi connectivity index (χ4n) is 4.65. The first-order valence-electron chi connectivity index (χ1n) is 9.75. The summed E-state index contributed by atoms with van der Waals surface area (Å²) in [5.41, 5.74) is 0.573. The highest BCUT2D eigenvalue weighted by Gasteiger charge is 2.40. The Morgan fingerprint density at radius 1 is 0.962 bits per heavy atom. The Kier molecular flexibility index (Phi) is 4.85. The number of nitrogens with one attached hydrogen (secondary N) is 1. The number of amides is 2. The van der Waals surface area contributed by atoms with Gasteiger partial charge in [0.15, 0.2) is 0 Å².